The lowest BCUT2D eigenvalue weighted by Gasteiger charge is -2.35. The van der Waals surface area contributed by atoms with Crippen LogP contribution in [-0.2, 0) is 4.79 Å². The predicted molar refractivity (Wildman–Crippen MR) is 100 cm³/mol. The van der Waals surface area contributed by atoms with Crippen molar-refractivity contribution in [3.8, 4) is 5.75 Å². The Balaban J connectivity index is 1.37. The van der Waals surface area contributed by atoms with Crippen LogP contribution in [0.3, 0.4) is 0 Å². The quantitative estimate of drug-likeness (QED) is 0.741. The first kappa shape index (κ1) is 16.5. The average molecular weight is 370 g/mol. The molecule has 0 saturated carbocycles. The van der Waals surface area contributed by atoms with Crippen molar-refractivity contribution in [3.63, 3.8) is 0 Å². The van der Waals surface area contributed by atoms with Crippen LogP contribution in [0.4, 0.5) is 11.8 Å². The molecule has 2 aromatic heterocycles. The molecular weight excluding hydrogens is 352 g/mol. The molecule has 0 bridgehead atoms. The summed E-state index contributed by atoms with van der Waals surface area (Å²) in [6.45, 7) is 2.58. The molecule has 3 heterocycles. The molecule has 0 unspecified atom stereocenters. The van der Waals surface area contributed by atoms with E-state index in [4.69, 9.17) is 10.5 Å². The summed E-state index contributed by atoms with van der Waals surface area (Å²) in [6, 6.07) is 9.34. The summed E-state index contributed by atoms with van der Waals surface area (Å²) in [4.78, 5) is 30.0. The highest BCUT2D eigenvalue weighted by molar-refractivity contribution is 7.16. The lowest BCUT2D eigenvalue weighted by atomic mass is 10.3. The molecule has 0 radical (unpaired) electrons. The molecule has 1 aromatic carbocycles. The van der Waals surface area contributed by atoms with Gasteiger partial charge in [-0.3, -0.25) is 4.79 Å². The number of carbonyl (C=O) groups is 1. The summed E-state index contributed by atoms with van der Waals surface area (Å²) in [6.07, 6.45) is 0. The highest BCUT2D eigenvalue weighted by Crippen LogP contribution is 2.26. The third kappa shape index (κ3) is 3.38. The van der Waals surface area contributed by atoms with Crippen molar-refractivity contribution in [2.75, 3.05) is 43.4 Å². The number of benzene rings is 1. The number of aromatic nitrogens is 3. The van der Waals surface area contributed by atoms with Gasteiger partial charge in [0.2, 0.25) is 5.95 Å². The summed E-state index contributed by atoms with van der Waals surface area (Å²) < 4.78 is 5.54. The summed E-state index contributed by atoms with van der Waals surface area (Å²) in [5, 5.41) is 0. The maximum absolute atomic E-state index is 12.4. The summed E-state index contributed by atoms with van der Waals surface area (Å²) in [7, 11) is 0. The van der Waals surface area contributed by atoms with E-state index in [-0.39, 0.29) is 18.5 Å². The number of nitrogens with two attached hydrogens (primary N) is 1. The second-order valence-electron chi connectivity index (χ2n) is 5.88. The minimum absolute atomic E-state index is 0.0190. The van der Waals surface area contributed by atoms with Crippen LogP contribution in [0.25, 0.3) is 10.3 Å². The fourth-order valence-corrected chi connectivity index (χ4v) is 3.56. The number of hydrogen-bond acceptors (Lipinski definition) is 8. The van der Waals surface area contributed by atoms with E-state index in [0.717, 1.165) is 16.2 Å². The van der Waals surface area contributed by atoms with E-state index in [2.05, 4.69) is 19.9 Å². The van der Waals surface area contributed by atoms with E-state index in [1.807, 2.05) is 35.2 Å². The van der Waals surface area contributed by atoms with Crippen LogP contribution in [0.2, 0.25) is 0 Å². The molecule has 1 amide bonds. The lowest BCUT2D eigenvalue weighted by molar-refractivity contribution is -0.133. The normalized spacial score (nSPS) is 14.6. The number of ether oxygens (including phenoxy) is 1. The number of hydrogen-bond donors (Lipinski definition) is 1. The zero-order valence-electron chi connectivity index (χ0n) is 14.0. The van der Waals surface area contributed by atoms with Crippen LogP contribution < -0.4 is 15.4 Å². The highest BCUT2D eigenvalue weighted by Gasteiger charge is 2.24. The third-order valence-electron chi connectivity index (χ3n) is 4.23. The molecule has 0 atom stereocenters. The van der Waals surface area contributed by atoms with Gasteiger partial charge in [-0.25, -0.2) is 9.97 Å². The van der Waals surface area contributed by atoms with E-state index in [9.17, 15) is 4.79 Å². The number of anilines is 2. The van der Waals surface area contributed by atoms with Crippen molar-refractivity contribution >= 4 is 39.4 Å². The molecular formula is C17H18N6O2S. The van der Waals surface area contributed by atoms with Crippen molar-refractivity contribution in [1.82, 2.24) is 19.9 Å². The molecule has 0 aliphatic carbocycles. The van der Waals surface area contributed by atoms with Gasteiger partial charge in [0.25, 0.3) is 5.91 Å². The zero-order chi connectivity index (χ0) is 17.9. The first-order valence-electron chi connectivity index (χ1n) is 8.28. The van der Waals surface area contributed by atoms with Crippen LogP contribution in [0, 0.1) is 0 Å². The fourth-order valence-electron chi connectivity index (χ4n) is 2.90. The number of nitrogens with zero attached hydrogens (tertiary/aromatic N) is 5. The minimum Gasteiger partial charge on any atom is -0.484 e. The SMILES string of the molecule is Nc1nc(N2CCN(C(=O)COc3ccccc3)CC2)c2ncsc2n1. The van der Waals surface area contributed by atoms with E-state index in [1.54, 1.807) is 5.51 Å². The fraction of sp³-hybridized carbons (Fsp3) is 0.294. The Morgan fingerprint density at radius 3 is 2.69 bits per heavy atom. The largest absolute Gasteiger partial charge is 0.484 e. The van der Waals surface area contributed by atoms with E-state index in [0.29, 0.717) is 31.9 Å². The van der Waals surface area contributed by atoms with Crippen molar-refractivity contribution in [1.29, 1.82) is 0 Å². The van der Waals surface area contributed by atoms with Gasteiger partial charge in [0.15, 0.2) is 17.3 Å². The Labute approximate surface area is 154 Å². The van der Waals surface area contributed by atoms with Crippen molar-refractivity contribution in [3.05, 3.63) is 35.8 Å². The van der Waals surface area contributed by atoms with Gasteiger partial charge in [0, 0.05) is 26.2 Å². The molecule has 9 heteroatoms. The summed E-state index contributed by atoms with van der Waals surface area (Å²) in [5.74, 6) is 1.66. The molecule has 1 saturated heterocycles. The number of thiazole rings is 1. The Morgan fingerprint density at radius 1 is 1.15 bits per heavy atom. The highest BCUT2D eigenvalue weighted by atomic mass is 32.1. The Kier molecular flexibility index (Phi) is 4.53. The molecule has 8 nitrogen and oxygen atoms in total. The van der Waals surface area contributed by atoms with Crippen molar-refractivity contribution in [2.45, 2.75) is 0 Å². The number of carbonyl (C=O) groups excluding carboxylic acids is 1. The molecule has 2 N–H and O–H groups in total. The molecule has 0 spiro atoms. The first-order chi connectivity index (χ1) is 12.7. The number of piperazine rings is 1. The summed E-state index contributed by atoms with van der Waals surface area (Å²) >= 11 is 1.44. The average Bonchev–Trinajstić information content (AvgIpc) is 3.15. The van der Waals surface area contributed by atoms with Crippen LogP contribution >= 0.6 is 11.3 Å². The van der Waals surface area contributed by atoms with Gasteiger partial charge in [-0.1, -0.05) is 18.2 Å². The Bertz CT molecular complexity index is 908. The molecule has 3 aromatic rings. The number of amides is 1. The molecule has 1 aliphatic rings. The number of nitrogen functional groups attached to an aromatic ring is 1. The van der Waals surface area contributed by atoms with Crippen LogP contribution in [0.1, 0.15) is 0 Å². The smallest absolute Gasteiger partial charge is 0.260 e. The van der Waals surface area contributed by atoms with E-state index >= 15 is 0 Å². The van der Waals surface area contributed by atoms with Crippen LogP contribution in [-0.4, -0.2) is 58.5 Å². The van der Waals surface area contributed by atoms with Gasteiger partial charge in [0.1, 0.15) is 11.3 Å². The summed E-state index contributed by atoms with van der Waals surface area (Å²) in [5.41, 5.74) is 8.31. The second kappa shape index (κ2) is 7.12. The van der Waals surface area contributed by atoms with Gasteiger partial charge in [-0.15, -0.1) is 11.3 Å². The molecule has 4 rings (SSSR count). The lowest BCUT2D eigenvalue weighted by Crippen LogP contribution is -2.50. The molecule has 1 fully saturated rings. The van der Waals surface area contributed by atoms with Crippen LogP contribution in [0.5, 0.6) is 5.75 Å². The van der Waals surface area contributed by atoms with E-state index < -0.39 is 0 Å². The van der Waals surface area contributed by atoms with Gasteiger partial charge >= 0.3 is 0 Å². The monoisotopic (exact) mass is 370 g/mol. The Hall–Kier alpha value is -2.94. The second-order valence-corrected chi connectivity index (χ2v) is 6.71. The van der Waals surface area contributed by atoms with Gasteiger partial charge in [-0.05, 0) is 12.1 Å². The molecule has 134 valence electrons. The maximum atomic E-state index is 12.4. The van der Waals surface area contributed by atoms with Crippen LogP contribution in [0.15, 0.2) is 35.8 Å². The van der Waals surface area contributed by atoms with Crippen molar-refractivity contribution < 1.29 is 9.53 Å². The first-order valence-corrected chi connectivity index (χ1v) is 9.16. The minimum atomic E-state index is -0.0190. The number of fused-ring (bicyclic) bond motifs is 1. The Morgan fingerprint density at radius 2 is 1.92 bits per heavy atom. The van der Waals surface area contributed by atoms with Gasteiger partial charge in [-0.2, -0.15) is 4.98 Å². The van der Waals surface area contributed by atoms with Gasteiger partial charge < -0.3 is 20.3 Å². The number of para-hydroxylation sites is 1. The number of rotatable bonds is 4. The maximum Gasteiger partial charge on any atom is 0.260 e. The topological polar surface area (TPSA) is 97.5 Å². The van der Waals surface area contributed by atoms with E-state index in [1.165, 1.54) is 11.3 Å². The predicted octanol–water partition coefficient (Wildman–Crippen LogP) is 1.40. The molecule has 26 heavy (non-hydrogen) atoms. The van der Waals surface area contributed by atoms with Gasteiger partial charge in [0.05, 0.1) is 5.51 Å². The standard InChI is InChI=1S/C17H18N6O2S/c18-17-20-15(14-16(21-17)26-11-19-14)23-8-6-22(7-9-23)13(24)10-25-12-4-2-1-3-5-12/h1-5,11H,6-10H2,(H2,18,20,21). The molecule has 1 aliphatic heterocycles. The third-order valence-corrected chi connectivity index (χ3v) is 4.95. The zero-order valence-corrected chi connectivity index (χ0v) is 14.9. The van der Waals surface area contributed by atoms with Crippen molar-refractivity contribution in [2.24, 2.45) is 0 Å².